The second-order valence-corrected chi connectivity index (χ2v) is 7.47. The van der Waals surface area contributed by atoms with E-state index in [-0.39, 0.29) is 19.0 Å². The Morgan fingerprint density at radius 1 is 1.26 bits per heavy atom. The average molecular weight is 394 g/mol. The Labute approximate surface area is 161 Å². The van der Waals surface area contributed by atoms with Gasteiger partial charge in [-0.2, -0.15) is 0 Å². The minimum atomic E-state index is -0.551. The van der Waals surface area contributed by atoms with Crippen molar-refractivity contribution in [3.8, 4) is 5.75 Å². The van der Waals surface area contributed by atoms with Crippen LogP contribution >= 0.6 is 11.6 Å². The lowest BCUT2D eigenvalue weighted by molar-refractivity contribution is -0.140. The summed E-state index contributed by atoms with van der Waals surface area (Å²) < 4.78 is 11.8. The molecule has 0 aliphatic carbocycles. The fourth-order valence-corrected chi connectivity index (χ4v) is 3.87. The zero-order valence-corrected chi connectivity index (χ0v) is 15.5. The average Bonchev–Trinajstić information content (AvgIpc) is 2.87. The number of benzene rings is 1. The number of nitrogens with zero attached hydrogens (tertiary/aromatic N) is 2. The van der Waals surface area contributed by atoms with Crippen LogP contribution in [0.3, 0.4) is 0 Å². The lowest BCUT2D eigenvalue weighted by Crippen LogP contribution is -2.52. The van der Waals surface area contributed by atoms with Gasteiger partial charge in [-0.25, -0.2) is 4.79 Å². The van der Waals surface area contributed by atoms with Crippen LogP contribution < -0.4 is 10.1 Å². The Morgan fingerprint density at radius 2 is 2.04 bits per heavy atom. The smallest absolute Gasteiger partial charge is 0.325 e. The van der Waals surface area contributed by atoms with E-state index in [1.165, 1.54) is 0 Å². The molecule has 0 saturated carbocycles. The van der Waals surface area contributed by atoms with Gasteiger partial charge in [0.2, 0.25) is 5.91 Å². The van der Waals surface area contributed by atoms with Gasteiger partial charge in [0.15, 0.2) is 0 Å². The summed E-state index contributed by atoms with van der Waals surface area (Å²) >= 11 is 6.13. The van der Waals surface area contributed by atoms with Crippen LogP contribution in [0.1, 0.15) is 18.4 Å². The maximum Gasteiger partial charge on any atom is 0.325 e. The molecule has 0 atom stereocenters. The molecule has 2 saturated heterocycles. The van der Waals surface area contributed by atoms with Gasteiger partial charge in [-0.1, -0.05) is 11.6 Å². The SMILES string of the molecule is O=C(CN1C(=O)CNC1=O)N1Cc2cc(Cl)ccc2OC2(CCOCC2)C1. The number of carbonyl (C=O) groups excluding carboxylic acids is 3. The van der Waals surface area contributed by atoms with Crippen LogP contribution in [-0.2, 0) is 20.9 Å². The largest absolute Gasteiger partial charge is 0.485 e. The molecule has 1 aromatic carbocycles. The summed E-state index contributed by atoms with van der Waals surface area (Å²) in [7, 11) is 0. The lowest BCUT2D eigenvalue weighted by atomic mass is 9.93. The van der Waals surface area contributed by atoms with E-state index >= 15 is 0 Å². The number of imide groups is 1. The molecule has 1 N–H and O–H groups in total. The van der Waals surface area contributed by atoms with E-state index in [2.05, 4.69) is 5.32 Å². The molecule has 3 heterocycles. The Hall–Kier alpha value is -2.32. The fraction of sp³-hybridized carbons (Fsp3) is 0.500. The van der Waals surface area contributed by atoms with E-state index < -0.39 is 17.5 Å². The van der Waals surface area contributed by atoms with Crippen LogP contribution in [-0.4, -0.2) is 66.1 Å². The quantitative estimate of drug-likeness (QED) is 0.762. The third-order valence-corrected chi connectivity index (χ3v) is 5.41. The van der Waals surface area contributed by atoms with Gasteiger partial charge in [0.25, 0.3) is 5.91 Å². The molecule has 0 radical (unpaired) electrons. The molecular weight excluding hydrogens is 374 g/mol. The van der Waals surface area contributed by atoms with Gasteiger partial charge in [-0.05, 0) is 18.2 Å². The fourth-order valence-electron chi connectivity index (χ4n) is 3.68. The summed E-state index contributed by atoms with van der Waals surface area (Å²) in [6.07, 6.45) is 1.31. The number of rotatable bonds is 2. The highest BCUT2D eigenvalue weighted by molar-refractivity contribution is 6.30. The normalized spacial score (nSPS) is 21.5. The van der Waals surface area contributed by atoms with Crippen molar-refractivity contribution >= 4 is 29.4 Å². The molecule has 8 nitrogen and oxygen atoms in total. The molecule has 2 fully saturated rings. The van der Waals surface area contributed by atoms with Crippen LogP contribution in [0.2, 0.25) is 5.02 Å². The number of carbonyl (C=O) groups is 3. The molecule has 3 aliphatic rings. The van der Waals surface area contributed by atoms with Gasteiger partial charge < -0.3 is 19.7 Å². The van der Waals surface area contributed by atoms with Crippen LogP contribution in [0.4, 0.5) is 4.79 Å². The zero-order chi connectivity index (χ0) is 19.0. The molecule has 0 aromatic heterocycles. The highest BCUT2D eigenvalue weighted by Gasteiger charge is 2.41. The summed E-state index contributed by atoms with van der Waals surface area (Å²) in [5.74, 6) is -0.00192. The molecule has 4 rings (SSSR count). The first-order chi connectivity index (χ1) is 13.0. The molecule has 0 unspecified atom stereocenters. The first kappa shape index (κ1) is 18.1. The minimum Gasteiger partial charge on any atom is -0.485 e. The first-order valence-corrected chi connectivity index (χ1v) is 9.25. The predicted molar refractivity (Wildman–Crippen MR) is 95.4 cm³/mol. The molecule has 4 amide bonds. The van der Waals surface area contributed by atoms with Gasteiger partial charge in [-0.3, -0.25) is 14.5 Å². The van der Waals surface area contributed by atoms with E-state index in [1.54, 1.807) is 17.0 Å². The Balaban J connectivity index is 1.61. The van der Waals surface area contributed by atoms with Crippen molar-refractivity contribution in [1.82, 2.24) is 15.1 Å². The monoisotopic (exact) mass is 393 g/mol. The van der Waals surface area contributed by atoms with E-state index in [1.807, 2.05) is 6.07 Å². The van der Waals surface area contributed by atoms with Gasteiger partial charge in [0.1, 0.15) is 17.9 Å². The highest BCUT2D eigenvalue weighted by Crippen LogP contribution is 2.36. The highest BCUT2D eigenvalue weighted by atomic mass is 35.5. The predicted octanol–water partition coefficient (Wildman–Crippen LogP) is 1.16. The van der Waals surface area contributed by atoms with Crippen LogP contribution in [0.25, 0.3) is 0 Å². The van der Waals surface area contributed by atoms with Crippen molar-refractivity contribution < 1.29 is 23.9 Å². The first-order valence-electron chi connectivity index (χ1n) is 8.87. The van der Waals surface area contributed by atoms with E-state index in [0.717, 1.165) is 10.5 Å². The van der Waals surface area contributed by atoms with Crippen LogP contribution in [0.15, 0.2) is 18.2 Å². The second kappa shape index (κ2) is 7.01. The zero-order valence-electron chi connectivity index (χ0n) is 14.7. The minimum absolute atomic E-state index is 0.0745. The number of amides is 4. The molecule has 27 heavy (non-hydrogen) atoms. The Morgan fingerprint density at radius 3 is 2.74 bits per heavy atom. The van der Waals surface area contributed by atoms with Crippen molar-refractivity contribution in [3.63, 3.8) is 0 Å². The summed E-state index contributed by atoms with van der Waals surface area (Å²) in [6.45, 7) is 1.42. The van der Waals surface area contributed by atoms with Gasteiger partial charge in [0, 0.05) is 30.0 Å². The molecule has 3 aliphatic heterocycles. The van der Waals surface area contributed by atoms with E-state index in [0.29, 0.717) is 49.9 Å². The maximum atomic E-state index is 13.0. The molecule has 9 heteroatoms. The summed E-state index contributed by atoms with van der Waals surface area (Å²) in [5.41, 5.74) is 0.251. The summed E-state index contributed by atoms with van der Waals surface area (Å²) in [4.78, 5) is 39.1. The van der Waals surface area contributed by atoms with E-state index in [4.69, 9.17) is 21.1 Å². The number of fused-ring (bicyclic) bond motifs is 1. The number of halogens is 1. The van der Waals surface area contributed by atoms with Gasteiger partial charge >= 0.3 is 6.03 Å². The lowest BCUT2D eigenvalue weighted by Gasteiger charge is -2.39. The Kier molecular flexibility index (Phi) is 4.69. The van der Waals surface area contributed by atoms with Crippen molar-refractivity contribution in [3.05, 3.63) is 28.8 Å². The molecule has 144 valence electrons. The second-order valence-electron chi connectivity index (χ2n) is 7.04. The number of ether oxygens (including phenoxy) is 2. The van der Waals surface area contributed by atoms with Crippen molar-refractivity contribution in [2.45, 2.75) is 25.0 Å². The van der Waals surface area contributed by atoms with Crippen molar-refractivity contribution in [1.29, 1.82) is 0 Å². The van der Waals surface area contributed by atoms with Crippen LogP contribution in [0.5, 0.6) is 5.75 Å². The topological polar surface area (TPSA) is 88.2 Å². The van der Waals surface area contributed by atoms with Gasteiger partial charge in [-0.15, -0.1) is 0 Å². The van der Waals surface area contributed by atoms with E-state index in [9.17, 15) is 14.4 Å². The number of hydrogen-bond donors (Lipinski definition) is 1. The number of nitrogens with one attached hydrogen (secondary N) is 1. The molecular formula is C18H20ClN3O5. The standard InChI is InChI=1S/C18H20ClN3O5/c19-13-1-2-14-12(7-13)9-21(11-18(27-14)3-5-26-6-4-18)16(24)10-22-15(23)8-20-17(22)25/h1-2,7H,3-6,8-11H2,(H,20,25). The third kappa shape index (κ3) is 3.59. The van der Waals surface area contributed by atoms with Crippen LogP contribution in [0, 0.1) is 0 Å². The summed E-state index contributed by atoms with van der Waals surface area (Å²) in [6, 6.07) is 4.82. The number of urea groups is 1. The Bertz CT molecular complexity index is 777. The molecule has 1 spiro atoms. The molecule has 0 bridgehead atoms. The summed E-state index contributed by atoms with van der Waals surface area (Å²) in [5, 5.41) is 2.99. The maximum absolute atomic E-state index is 13.0. The van der Waals surface area contributed by atoms with Gasteiger partial charge in [0.05, 0.1) is 26.3 Å². The van der Waals surface area contributed by atoms with Crippen molar-refractivity contribution in [2.75, 3.05) is 32.8 Å². The van der Waals surface area contributed by atoms with Crippen molar-refractivity contribution in [2.24, 2.45) is 0 Å². The number of hydrogen-bond acceptors (Lipinski definition) is 5. The third-order valence-electron chi connectivity index (χ3n) is 5.18. The molecule has 1 aromatic rings.